The highest BCUT2D eigenvalue weighted by molar-refractivity contribution is 7.99. The van der Waals surface area contributed by atoms with Gasteiger partial charge in [-0.2, -0.15) is 11.8 Å². The van der Waals surface area contributed by atoms with Crippen LogP contribution < -0.4 is 11.1 Å². The number of hydrogen-bond acceptors (Lipinski definition) is 3. The number of piperidine rings is 1. The lowest BCUT2D eigenvalue weighted by Gasteiger charge is -2.37. The Morgan fingerprint density at radius 2 is 2.08 bits per heavy atom. The van der Waals surface area contributed by atoms with Crippen molar-refractivity contribution in [3.8, 4) is 0 Å². The molecule has 0 bridgehead atoms. The van der Waals surface area contributed by atoms with E-state index in [0.717, 1.165) is 42.8 Å². The van der Waals surface area contributed by atoms with E-state index in [0.29, 0.717) is 18.4 Å². The molecule has 1 fully saturated rings. The minimum Gasteiger partial charge on any atom is -0.342 e. The lowest BCUT2D eigenvalue weighted by atomic mass is 9.92. The lowest BCUT2D eigenvalue weighted by molar-refractivity contribution is 0.213. The van der Waals surface area contributed by atoms with E-state index in [1.165, 1.54) is 18.6 Å². The highest BCUT2D eigenvalue weighted by atomic mass is 32.2. The Morgan fingerprint density at radius 3 is 2.75 bits per heavy atom. The van der Waals surface area contributed by atoms with Crippen molar-refractivity contribution in [1.82, 2.24) is 4.90 Å². The molecule has 1 saturated heterocycles. The summed E-state index contributed by atoms with van der Waals surface area (Å²) < 4.78 is 13.5. The van der Waals surface area contributed by atoms with Crippen molar-refractivity contribution in [1.29, 1.82) is 0 Å². The number of rotatable bonds is 6. The number of nitrogens with two attached hydrogens (primary N) is 1. The number of anilines is 1. The van der Waals surface area contributed by atoms with Crippen molar-refractivity contribution in [3.63, 3.8) is 0 Å². The Morgan fingerprint density at radius 1 is 1.33 bits per heavy atom. The van der Waals surface area contributed by atoms with Crippen LogP contribution >= 0.6 is 11.8 Å². The molecule has 2 unspecified atom stereocenters. The first kappa shape index (κ1) is 19.1. The Labute approximate surface area is 149 Å². The molecule has 1 aromatic carbocycles. The van der Waals surface area contributed by atoms with Crippen molar-refractivity contribution in [2.75, 3.05) is 43.0 Å². The summed E-state index contributed by atoms with van der Waals surface area (Å²) in [6.45, 7) is 7.97. The molecule has 0 aliphatic carbocycles. The van der Waals surface area contributed by atoms with Crippen LogP contribution in [-0.2, 0) is 0 Å². The van der Waals surface area contributed by atoms with E-state index in [4.69, 9.17) is 10.7 Å². The standard InChI is InChI=1S/C18H29FN4S/c1-14-10-15(2)13-23(12-14)18(21-7-9-24-8-6-20)22-17-5-3-4-16(19)11-17/h3-5,11,14-15H,6-10,12-13,20H2,1-2H3,(H,21,22). The predicted octanol–water partition coefficient (Wildman–Crippen LogP) is 3.26. The van der Waals surface area contributed by atoms with E-state index in [2.05, 4.69) is 24.1 Å². The summed E-state index contributed by atoms with van der Waals surface area (Å²) in [5.41, 5.74) is 6.27. The number of guanidine groups is 1. The van der Waals surface area contributed by atoms with Crippen molar-refractivity contribution in [2.45, 2.75) is 20.3 Å². The summed E-state index contributed by atoms with van der Waals surface area (Å²) in [7, 11) is 0. The number of nitrogens with zero attached hydrogens (tertiary/aromatic N) is 2. The molecule has 1 heterocycles. The predicted molar refractivity (Wildman–Crippen MR) is 103 cm³/mol. The number of halogens is 1. The molecule has 0 amide bonds. The fourth-order valence-electron chi connectivity index (χ4n) is 3.15. The quantitative estimate of drug-likeness (QED) is 0.469. The van der Waals surface area contributed by atoms with Crippen molar-refractivity contribution in [2.24, 2.45) is 22.6 Å². The Bertz CT molecular complexity index is 528. The summed E-state index contributed by atoms with van der Waals surface area (Å²) in [6.07, 6.45) is 1.25. The Kier molecular flexibility index (Phi) is 7.85. The molecular weight excluding hydrogens is 323 g/mol. The van der Waals surface area contributed by atoms with Gasteiger partial charge in [-0.1, -0.05) is 19.9 Å². The third-order valence-electron chi connectivity index (χ3n) is 4.01. The average Bonchev–Trinajstić information content (AvgIpc) is 2.52. The highest BCUT2D eigenvalue weighted by Crippen LogP contribution is 2.22. The molecule has 0 saturated carbocycles. The van der Waals surface area contributed by atoms with Gasteiger partial charge < -0.3 is 16.0 Å². The van der Waals surface area contributed by atoms with Gasteiger partial charge in [0.25, 0.3) is 0 Å². The zero-order chi connectivity index (χ0) is 17.4. The fraction of sp³-hybridized carbons (Fsp3) is 0.611. The lowest BCUT2D eigenvalue weighted by Crippen LogP contribution is -2.45. The average molecular weight is 353 g/mol. The molecule has 1 aliphatic heterocycles. The Balaban J connectivity index is 2.06. The third kappa shape index (κ3) is 6.32. The van der Waals surface area contributed by atoms with E-state index in [1.807, 2.05) is 17.8 Å². The summed E-state index contributed by atoms with van der Waals surface area (Å²) >= 11 is 1.81. The molecule has 4 nitrogen and oxygen atoms in total. The van der Waals surface area contributed by atoms with Gasteiger partial charge in [0.1, 0.15) is 5.82 Å². The molecule has 0 spiro atoms. The minimum atomic E-state index is -0.238. The monoisotopic (exact) mass is 352 g/mol. The molecule has 0 radical (unpaired) electrons. The molecule has 0 aromatic heterocycles. The van der Waals surface area contributed by atoms with Gasteiger partial charge in [0.15, 0.2) is 5.96 Å². The van der Waals surface area contributed by atoms with E-state index < -0.39 is 0 Å². The van der Waals surface area contributed by atoms with Crippen LogP contribution in [0.25, 0.3) is 0 Å². The van der Waals surface area contributed by atoms with Gasteiger partial charge in [0, 0.05) is 36.8 Å². The summed E-state index contributed by atoms with van der Waals surface area (Å²) in [6, 6.07) is 6.55. The van der Waals surface area contributed by atoms with Gasteiger partial charge >= 0.3 is 0 Å². The number of nitrogens with one attached hydrogen (secondary N) is 1. The van der Waals surface area contributed by atoms with Gasteiger partial charge in [-0.05, 0) is 36.5 Å². The van der Waals surface area contributed by atoms with Crippen LogP contribution in [0, 0.1) is 17.7 Å². The van der Waals surface area contributed by atoms with Crippen LogP contribution in [-0.4, -0.2) is 48.5 Å². The van der Waals surface area contributed by atoms with Crippen LogP contribution in [0.5, 0.6) is 0 Å². The molecule has 24 heavy (non-hydrogen) atoms. The van der Waals surface area contributed by atoms with Crippen molar-refractivity contribution < 1.29 is 4.39 Å². The van der Waals surface area contributed by atoms with Crippen LogP contribution in [0.15, 0.2) is 29.3 Å². The first-order valence-corrected chi connectivity index (χ1v) is 9.83. The van der Waals surface area contributed by atoms with Crippen LogP contribution in [0.2, 0.25) is 0 Å². The van der Waals surface area contributed by atoms with Crippen molar-refractivity contribution in [3.05, 3.63) is 30.1 Å². The molecule has 1 aromatic rings. The van der Waals surface area contributed by atoms with Gasteiger partial charge in [0.05, 0.1) is 6.54 Å². The maximum absolute atomic E-state index is 13.5. The van der Waals surface area contributed by atoms with E-state index in [9.17, 15) is 4.39 Å². The third-order valence-corrected chi connectivity index (χ3v) is 5.00. The smallest absolute Gasteiger partial charge is 0.198 e. The number of hydrogen-bond donors (Lipinski definition) is 2. The maximum atomic E-state index is 13.5. The van der Waals surface area contributed by atoms with E-state index in [-0.39, 0.29) is 5.82 Å². The Hall–Kier alpha value is -1.27. The van der Waals surface area contributed by atoms with Crippen molar-refractivity contribution >= 4 is 23.4 Å². The van der Waals surface area contributed by atoms with Crippen LogP contribution in [0.1, 0.15) is 20.3 Å². The zero-order valence-corrected chi connectivity index (χ0v) is 15.5. The highest BCUT2D eigenvalue weighted by Gasteiger charge is 2.24. The first-order chi connectivity index (χ1) is 11.6. The van der Waals surface area contributed by atoms with Gasteiger partial charge in [-0.25, -0.2) is 4.39 Å². The molecule has 2 atom stereocenters. The molecule has 134 valence electrons. The molecule has 6 heteroatoms. The summed E-state index contributed by atoms with van der Waals surface area (Å²) in [4.78, 5) is 7.06. The second-order valence-electron chi connectivity index (χ2n) is 6.59. The fourth-order valence-corrected chi connectivity index (χ4v) is 3.74. The molecular formula is C18H29FN4S. The molecule has 3 N–H and O–H groups in total. The number of likely N-dealkylation sites (tertiary alicyclic amines) is 1. The number of aliphatic imine (C=N–C) groups is 1. The summed E-state index contributed by atoms with van der Waals surface area (Å²) in [5.74, 6) is 3.80. The second-order valence-corrected chi connectivity index (χ2v) is 7.82. The van der Waals surface area contributed by atoms with Crippen LogP contribution in [0.3, 0.4) is 0 Å². The van der Waals surface area contributed by atoms with Gasteiger partial charge in [-0.3, -0.25) is 4.99 Å². The van der Waals surface area contributed by atoms with E-state index in [1.54, 1.807) is 6.07 Å². The van der Waals surface area contributed by atoms with E-state index >= 15 is 0 Å². The topological polar surface area (TPSA) is 53.6 Å². The maximum Gasteiger partial charge on any atom is 0.198 e. The summed E-state index contributed by atoms with van der Waals surface area (Å²) in [5, 5.41) is 3.32. The molecule has 1 aliphatic rings. The second kappa shape index (κ2) is 9.89. The number of thioether (sulfide) groups is 1. The van der Waals surface area contributed by atoms with Gasteiger partial charge in [-0.15, -0.1) is 0 Å². The normalized spacial score (nSPS) is 21.8. The molecule has 2 rings (SSSR count). The number of benzene rings is 1. The minimum absolute atomic E-state index is 0.238. The first-order valence-electron chi connectivity index (χ1n) is 8.68. The van der Waals surface area contributed by atoms with Gasteiger partial charge in [0.2, 0.25) is 0 Å². The SMILES string of the molecule is CC1CC(C)CN(C(=NCCSCCN)Nc2cccc(F)c2)C1. The largest absolute Gasteiger partial charge is 0.342 e. The van der Waals surface area contributed by atoms with Crippen LogP contribution in [0.4, 0.5) is 10.1 Å². The zero-order valence-electron chi connectivity index (χ0n) is 14.7.